The molecule has 1 aliphatic heterocycles. The number of amides is 3. The number of piperidine rings is 1. The maximum Gasteiger partial charge on any atom is 0.411 e. The predicted octanol–water partition coefficient (Wildman–Crippen LogP) is 5.23. The highest BCUT2D eigenvalue weighted by Gasteiger charge is 2.42. The normalized spacial score (nSPS) is 23.8. The average Bonchev–Trinajstić information content (AvgIpc) is 2.86. The number of ether oxygens (including phenoxy) is 2. The van der Waals surface area contributed by atoms with E-state index in [1.165, 1.54) is 17.0 Å². The Kier molecular flexibility index (Phi) is 10.5. The highest BCUT2D eigenvalue weighted by atomic mass is 35.5. The molecule has 2 N–H and O–H groups in total. The number of carbonyl (C=O) groups is 3. The zero-order valence-electron chi connectivity index (χ0n) is 22.8. The van der Waals surface area contributed by atoms with Crippen molar-refractivity contribution in [3.63, 3.8) is 0 Å². The third-order valence-corrected chi connectivity index (χ3v) is 7.32. The molecular weight excluding hydrogens is 558 g/mol. The fourth-order valence-corrected chi connectivity index (χ4v) is 5.04. The molecule has 3 rings (SSSR count). The van der Waals surface area contributed by atoms with Crippen molar-refractivity contribution in [2.45, 2.75) is 83.2 Å². The molecule has 0 spiro atoms. The summed E-state index contributed by atoms with van der Waals surface area (Å²) in [6.45, 7) is 4.91. The third-order valence-electron chi connectivity index (χ3n) is 7.01. The molecule has 1 saturated carbocycles. The molecule has 2 atom stereocenters. The van der Waals surface area contributed by atoms with Crippen molar-refractivity contribution in [2.24, 2.45) is 11.8 Å². The first-order valence-electron chi connectivity index (χ1n) is 13.3. The van der Waals surface area contributed by atoms with E-state index in [9.17, 15) is 31.9 Å². The summed E-state index contributed by atoms with van der Waals surface area (Å²) in [4.78, 5) is 39.8. The van der Waals surface area contributed by atoms with Crippen LogP contribution in [0.25, 0.3) is 0 Å². The van der Waals surface area contributed by atoms with Crippen LogP contribution < -0.4 is 15.4 Å². The molecule has 0 radical (unpaired) electrons. The lowest BCUT2D eigenvalue weighted by atomic mass is 9.81. The fraction of sp³-hybridized carbons (Fsp3) is 0.667. The number of halogens is 5. The zero-order chi connectivity index (χ0) is 29.7. The van der Waals surface area contributed by atoms with Gasteiger partial charge in [-0.05, 0) is 77.3 Å². The summed E-state index contributed by atoms with van der Waals surface area (Å²) in [7, 11) is 0. The SMILES string of the molecule is CC(C)(C)OC(=O)N1C[C@@H](NC(=O)COc2ccc(Cl)c(F)c2)CC[C@@H]1C(=O)NCC1CCC(C(F)(F)F)CC1. The highest BCUT2D eigenvalue weighted by molar-refractivity contribution is 6.30. The van der Waals surface area contributed by atoms with Crippen LogP contribution in [-0.4, -0.2) is 66.4 Å². The topological polar surface area (TPSA) is 97.0 Å². The molecule has 0 aromatic heterocycles. The highest BCUT2D eigenvalue weighted by Crippen LogP contribution is 2.39. The Morgan fingerprint density at radius 3 is 2.33 bits per heavy atom. The molecule has 1 aromatic carbocycles. The van der Waals surface area contributed by atoms with Crippen molar-refractivity contribution < 1.29 is 41.4 Å². The number of alkyl halides is 3. The van der Waals surface area contributed by atoms with Gasteiger partial charge in [-0.15, -0.1) is 0 Å². The number of likely N-dealkylation sites (tertiary alicyclic amines) is 1. The van der Waals surface area contributed by atoms with Crippen LogP contribution in [0, 0.1) is 17.7 Å². The van der Waals surface area contributed by atoms with E-state index in [4.69, 9.17) is 21.1 Å². The van der Waals surface area contributed by atoms with Gasteiger partial charge < -0.3 is 20.1 Å². The zero-order valence-corrected chi connectivity index (χ0v) is 23.5. The van der Waals surface area contributed by atoms with Gasteiger partial charge in [0.2, 0.25) is 5.91 Å². The molecule has 0 bridgehead atoms. The van der Waals surface area contributed by atoms with Gasteiger partial charge in [-0.1, -0.05) is 11.6 Å². The minimum atomic E-state index is -4.20. The molecule has 13 heteroatoms. The van der Waals surface area contributed by atoms with Crippen molar-refractivity contribution in [2.75, 3.05) is 19.7 Å². The number of hydrogen-bond donors (Lipinski definition) is 2. The van der Waals surface area contributed by atoms with Gasteiger partial charge in [-0.2, -0.15) is 13.2 Å². The number of nitrogens with one attached hydrogen (secondary N) is 2. The smallest absolute Gasteiger partial charge is 0.411 e. The lowest BCUT2D eigenvalue weighted by Crippen LogP contribution is -2.59. The molecule has 1 aliphatic carbocycles. The third kappa shape index (κ3) is 9.42. The molecule has 8 nitrogen and oxygen atoms in total. The monoisotopic (exact) mass is 593 g/mol. The predicted molar refractivity (Wildman–Crippen MR) is 139 cm³/mol. The summed E-state index contributed by atoms with van der Waals surface area (Å²) in [5, 5.41) is 5.50. The van der Waals surface area contributed by atoms with E-state index in [0.717, 1.165) is 6.07 Å². The first-order valence-corrected chi connectivity index (χ1v) is 13.7. The second-order valence-corrected chi connectivity index (χ2v) is 11.8. The summed E-state index contributed by atoms with van der Waals surface area (Å²) in [5.74, 6) is -2.84. The molecular formula is C27H36ClF4N3O5. The molecule has 1 saturated heterocycles. The Hall–Kier alpha value is -2.76. The summed E-state index contributed by atoms with van der Waals surface area (Å²) in [6.07, 6.45) is -3.49. The lowest BCUT2D eigenvalue weighted by Gasteiger charge is -2.39. The second-order valence-electron chi connectivity index (χ2n) is 11.4. The molecule has 0 unspecified atom stereocenters. The number of hydrogen-bond acceptors (Lipinski definition) is 5. The Morgan fingerprint density at radius 1 is 1.05 bits per heavy atom. The van der Waals surface area contributed by atoms with Crippen LogP contribution in [0.3, 0.4) is 0 Å². The largest absolute Gasteiger partial charge is 0.484 e. The molecule has 1 aromatic rings. The first-order chi connectivity index (χ1) is 18.6. The van der Waals surface area contributed by atoms with Crippen LogP contribution in [0.1, 0.15) is 59.3 Å². The molecule has 40 heavy (non-hydrogen) atoms. The van der Waals surface area contributed by atoms with Gasteiger partial charge in [0.05, 0.1) is 10.9 Å². The number of rotatable bonds is 7. The van der Waals surface area contributed by atoms with Gasteiger partial charge in [0.1, 0.15) is 23.2 Å². The van der Waals surface area contributed by atoms with E-state index in [-0.39, 0.29) is 49.0 Å². The Morgan fingerprint density at radius 2 is 1.73 bits per heavy atom. The van der Waals surface area contributed by atoms with Crippen molar-refractivity contribution in [1.29, 1.82) is 0 Å². The van der Waals surface area contributed by atoms with Crippen LogP contribution >= 0.6 is 11.6 Å². The number of carbonyl (C=O) groups excluding carboxylic acids is 3. The van der Waals surface area contributed by atoms with Gasteiger partial charge in [0, 0.05) is 25.2 Å². The standard InChI is InChI=1S/C27H36ClF4N3O5/c1-26(2,3)40-25(38)35-14-18(34-23(36)15-39-19-9-10-20(28)21(29)12-19)8-11-22(35)24(37)33-13-16-4-6-17(7-5-16)27(30,31)32/h9-10,12,16-18,22H,4-8,11,13-15H2,1-3H3,(H,33,37)(H,34,36)/t16?,17?,18-,22+/m0/s1. The molecule has 1 heterocycles. The van der Waals surface area contributed by atoms with Crippen LogP contribution in [0.2, 0.25) is 5.02 Å². The van der Waals surface area contributed by atoms with Gasteiger partial charge >= 0.3 is 12.3 Å². The van der Waals surface area contributed by atoms with E-state index in [0.29, 0.717) is 19.3 Å². The number of nitrogens with zero attached hydrogens (tertiary/aromatic N) is 1. The summed E-state index contributed by atoms with van der Waals surface area (Å²) < 4.78 is 63.3. The minimum absolute atomic E-state index is 0.00496. The number of benzene rings is 1. The van der Waals surface area contributed by atoms with E-state index in [2.05, 4.69) is 10.6 Å². The fourth-order valence-electron chi connectivity index (χ4n) is 4.93. The van der Waals surface area contributed by atoms with Crippen LogP contribution in [0.5, 0.6) is 5.75 Å². The Bertz CT molecular complexity index is 1060. The van der Waals surface area contributed by atoms with Gasteiger partial charge in [-0.25, -0.2) is 9.18 Å². The van der Waals surface area contributed by atoms with E-state index in [1.54, 1.807) is 20.8 Å². The maximum absolute atomic E-state index is 13.6. The van der Waals surface area contributed by atoms with Crippen molar-refractivity contribution in [3.05, 3.63) is 29.0 Å². The molecule has 2 aliphatic rings. The maximum atomic E-state index is 13.6. The quantitative estimate of drug-likeness (QED) is 0.422. The average molecular weight is 594 g/mol. The van der Waals surface area contributed by atoms with Gasteiger partial charge in [0.25, 0.3) is 5.91 Å². The van der Waals surface area contributed by atoms with E-state index < -0.39 is 60.1 Å². The van der Waals surface area contributed by atoms with Crippen LogP contribution in [0.4, 0.5) is 22.4 Å². The Balaban J connectivity index is 1.55. The lowest BCUT2D eigenvalue weighted by molar-refractivity contribution is -0.183. The summed E-state index contributed by atoms with van der Waals surface area (Å²) in [6, 6.07) is 2.44. The molecule has 2 fully saturated rings. The van der Waals surface area contributed by atoms with Crippen LogP contribution in [0.15, 0.2) is 18.2 Å². The van der Waals surface area contributed by atoms with Gasteiger partial charge in [-0.3, -0.25) is 14.5 Å². The Labute approximate surface area is 236 Å². The van der Waals surface area contributed by atoms with Crippen molar-refractivity contribution >= 4 is 29.5 Å². The van der Waals surface area contributed by atoms with E-state index >= 15 is 0 Å². The summed E-state index contributed by atoms with van der Waals surface area (Å²) >= 11 is 5.65. The van der Waals surface area contributed by atoms with E-state index in [1.807, 2.05) is 0 Å². The van der Waals surface area contributed by atoms with Crippen molar-refractivity contribution in [3.8, 4) is 5.75 Å². The molecule has 3 amide bonds. The second kappa shape index (κ2) is 13.3. The van der Waals surface area contributed by atoms with Gasteiger partial charge in [0.15, 0.2) is 6.61 Å². The minimum Gasteiger partial charge on any atom is -0.484 e. The summed E-state index contributed by atoms with van der Waals surface area (Å²) in [5.41, 5.74) is -0.826. The molecule has 224 valence electrons. The first kappa shape index (κ1) is 31.8. The van der Waals surface area contributed by atoms with Crippen LogP contribution in [-0.2, 0) is 14.3 Å². The van der Waals surface area contributed by atoms with Crippen molar-refractivity contribution in [1.82, 2.24) is 15.5 Å².